The van der Waals surface area contributed by atoms with Crippen molar-refractivity contribution < 1.29 is 9.53 Å². The first-order chi connectivity index (χ1) is 8.15. The molecule has 2 rings (SSSR count). The Morgan fingerprint density at radius 3 is 2.94 bits per heavy atom. The fourth-order valence-electron chi connectivity index (χ4n) is 1.94. The number of hydrogen-bond acceptors (Lipinski definition) is 3. The van der Waals surface area contributed by atoms with Gasteiger partial charge in [-0.25, -0.2) is 9.78 Å². The molecule has 1 heterocycles. The third kappa shape index (κ3) is 3.33. The second kappa shape index (κ2) is 5.36. The highest BCUT2D eigenvalue weighted by molar-refractivity contribution is 6.32. The van der Waals surface area contributed by atoms with Gasteiger partial charge in [-0.2, -0.15) is 0 Å². The molecule has 1 aromatic heterocycles. The van der Waals surface area contributed by atoms with Gasteiger partial charge in [0.15, 0.2) is 5.15 Å². The zero-order valence-electron chi connectivity index (χ0n) is 9.70. The minimum atomic E-state index is -0.453. The Kier molecular flexibility index (Phi) is 3.84. The van der Waals surface area contributed by atoms with Gasteiger partial charge >= 0.3 is 6.09 Å². The lowest BCUT2D eigenvalue weighted by atomic mass is 10.3. The molecule has 1 saturated carbocycles. The molecule has 5 heteroatoms. The van der Waals surface area contributed by atoms with Crippen LogP contribution in [0, 0.1) is 6.92 Å². The molecule has 1 aliphatic rings. The Morgan fingerprint density at radius 1 is 1.53 bits per heavy atom. The van der Waals surface area contributed by atoms with Gasteiger partial charge in [0.1, 0.15) is 6.10 Å². The SMILES string of the molecule is Cc1cnc(Cl)c(NC(=O)OC2CCCC2)c1. The molecule has 0 saturated heterocycles. The van der Waals surface area contributed by atoms with Crippen molar-refractivity contribution in [3.63, 3.8) is 0 Å². The van der Waals surface area contributed by atoms with Crippen LogP contribution in [0.3, 0.4) is 0 Å². The van der Waals surface area contributed by atoms with E-state index in [0.717, 1.165) is 31.2 Å². The van der Waals surface area contributed by atoms with E-state index in [4.69, 9.17) is 16.3 Å². The van der Waals surface area contributed by atoms with Crippen LogP contribution in [-0.4, -0.2) is 17.2 Å². The summed E-state index contributed by atoms with van der Waals surface area (Å²) in [6.45, 7) is 1.89. The Hall–Kier alpha value is -1.29. The number of aryl methyl sites for hydroxylation is 1. The summed E-state index contributed by atoms with van der Waals surface area (Å²) in [5.74, 6) is 0. The lowest BCUT2D eigenvalue weighted by Crippen LogP contribution is -2.20. The third-order valence-electron chi connectivity index (χ3n) is 2.79. The van der Waals surface area contributed by atoms with E-state index in [1.54, 1.807) is 12.3 Å². The molecule has 4 nitrogen and oxygen atoms in total. The number of hydrogen-bond donors (Lipinski definition) is 1. The molecule has 0 radical (unpaired) electrons. The average Bonchev–Trinajstić information content (AvgIpc) is 2.76. The number of ether oxygens (including phenoxy) is 1. The molecule has 1 N–H and O–H groups in total. The van der Waals surface area contributed by atoms with Gasteiger partial charge in [0, 0.05) is 6.20 Å². The largest absolute Gasteiger partial charge is 0.446 e. The molecule has 17 heavy (non-hydrogen) atoms. The van der Waals surface area contributed by atoms with Crippen LogP contribution >= 0.6 is 11.6 Å². The fraction of sp³-hybridized carbons (Fsp3) is 0.500. The highest BCUT2D eigenvalue weighted by Crippen LogP contribution is 2.23. The molecule has 0 spiro atoms. The number of anilines is 1. The monoisotopic (exact) mass is 254 g/mol. The first-order valence-corrected chi connectivity index (χ1v) is 6.13. The minimum absolute atomic E-state index is 0.0477. The molecule has 1 fully saturated rings. The van der Waals surface area contributed by atoms with E-state index < -0.39 is 6.09 Å². The molecule has 0 aromatic carbocycles. The minimum Gasteiger partial charge on any atom is -0.446 e. The van der Waals surface area contributed by atoms with Gasteiger partial charge in [-0.1, -0.05) is 11.6 Å². The van der Waals surface area contributed by atoms with Gasteiger partial charge in [0.25, 0.3) is 0 Å². The standard InChI is InChI=1S/C12H15ClN2O2/c1-8-6-10(11(13)14-7-8)15-12(16)17-9-4-2-3-5-9/h6-7,9H,2-5H2,1H3,(H,15,16). The Bertz CT molecular complexity index is 417. The number of rotatable bonds is 2. The van der Waals surface area contributed by atoms with Gasteiger partial charge in [-0.15, -0.1) is 0 Å². The van der Waals surface area contributed by atoms with Crippen molar-refractivity contribution >= 4 is 23.4 Å². The van der Waals surface area contributed by atoms with Crippen LogP contribution in [0.25, 0.3) is 0 Å². The molecule has 92 valence electrons. The second-order valence-electron chi connectivity index (χ2n) is 4.29. The lowest BCUT2D eigenvalue weighted by molar-refractivity contribution is 0.114. The number of carbonyl (C=O) groups excluding carboxylic acids is 1. The molecular weight excluding hydrogens is 240 g/mol. The normalized spacial score (nSPS) is 15.9. The fourth-order valence-corrected chi connectivity index (χ4v) is 2.09. The van der Waals surface area contributed by atoms with Gasteiger partial charge < -0.3 is 4.74 Å². The Morgan fingerprint density at radius 2 is 2.24 bits per heavy atom. The summed E-state index contributed by atoms with van der Waals surface area (Å²) in [4.78, 5) is 15.6. The molecule has 0 aliphatic heterocycles. The van der Waals surface area contributed by atoms with Crippen molar-refractivity contribution in [2.24, 2.45) is 0 Å². The van der Waals surface area contributed by atoms with Crippen molar-refractivity contribution in [2.75, 3.05) is 5.32 Å². The average molecular weight is 255 g/mol. The molecule has 0 unspecified atom stereocenters. The number of pyridine rings is 1. The van der Waals surface area contributed by atoms with Crippen LogP contribution in [0.15, 0.2) is 12.3 Å². The van der Waals surface area contributed by atoms with Crippen LogP contribution in [0.1, 0.15) is 31.2 Å². The number of amides is 1. The summed E-state index contributed by atoms with van der Waals surface area (Å²) in [5, 5.41) is 2.90. The van der Waals surface area contributed by atoms with Gasteiger partial charge in [0.2, 0.25) is 0 Å². The maximum atomic E-state index is 11.6. The summed E-state index contributed by atoms with van der Waals surface area (Å²) >= 11 is 5.88. The molecule has 0 bridgehead atoms. The number of nitrogens with zero attached hydrogens (tertiary/aromatic N) is 1. The van der Waals surface area contributed by atoms with E-state index in [2.05, 4.69) is 10.3 Å². The second-order valence-corrected chi connectivity index (χ2v) is 4.65. The van der Waals surface area contributed by atoms with Gasteiger partial charge in [0.05, 0.1) is 5.69 Å². The van der Waals surface area contributed by atoms with Gasteiger partial charge in [-0.05, 0) is 44.2 Å². The highest BCUT2D eigenvalue weighted by atomic mass is 35.5. The highest BCUT2D eigenvalue weighted by Gasteiger charge is 2.19. The van der Waals surface area contributed by atoms with Crippen LogP contribution in [0.2, 0.25) is 5.15 Å². The first-order valence-electron chi connectivity index (χ1n) is 5.75. The van der Waals surface area contributed by atoms with E-state index >= 15 is 0 Å². The molecule has 1 aromatic rings. The number of halogens is 1. The van der Waals surface area contributed by atoms with Crippen molar-refractivity contribution in [3.8, 4) is 0 Å². The summed E-state index contributed by atoms with van der Waals surface area (Å²) in [7, 11) is 0. The van der Waals surface area contributed by atoms with Crippen molar-refractivity contribution in [1.29, 1.82) is 0 Å². The maximum Gasteiger partial charge on any atom is 0.411 e. The van der Waals surface area contributed by atoms with E-state index in [-0.39, 0.29) is 11.3 Å². The van der Waals surface area contributed by atoms with Crippen LogP contribution in [-0.2, 0) is 4.74 Å². The van der Waals surface area contributed by atoms with Gasteiger partial charge in [-0.3, -0.25) is 5.32 Å². The van der Waals surface area contributed by atoms with Crippen molar-refractivity contribution in [1.82, 2.24) is 4.98 Å². The van der Waals surface area contributed by atoms with E-state index in [1.165, 1.54) is 0 Å². The van der Waals surface area contributed by atoms with Crippen LogP contribution in [0.5, 0.6) is 0 Å². The molecular formula is C12H15ClN2O2. The lowest BCUT2D eigenvalue weighted by Gasteiger charge is -2.12. The predicted molar refractivity (Wildman–Crippen MR) is 66.3 cm³/mol. The maximum absolute atomic E-state index is 11.6. The summed E-state index contributed by atoms with van der Waals surface area (Å²) in [5.41, 5.74) is 1.43. The van der Waals surface area contributed by atoms with E-state index in [0.29, 0.717) is 5.69 Å². The summed E-state index contributed by atoms with van der Waals surface area (Å²) < 4.78 is 5.27. The molecule has 0 atom stereocenters. The van der Waals surface area contributed by atoms with E-state index in [9.17, 15) is 4.79 Å². The first kappa shape index (κ1) is 12.2. The molecule has 1 aliphatic carbocycles. The number of aromatic nitrogens is 1. The summed E-state index contributed by atoms with van der Waals surface area (Å²) in [6, 6.07) is 1.77. The summed E-state index contributed by atoms with van der Waals surface area (Å²) in [6.07, 6.45) is 5.41. The molecule has 1 amide bonds. The predicted octanol–water partition coefficient (Wildman–Crippen LogP) is 3.53. The quantitative estimate of drug-likeness (QED) is 0.822. The van der Waals surface area contributed by atoms with Crippen molar-refractivity contribution in [3.05, 3.63) is 23.0 Å². The smallest absolute Gasteiger partial charge is 0.411 e. The third-order valence-corrected chi connectivity index (χ3v) is 3.09. The van der Waals surface area contributed by atoms with Crippen molar-refractivity contribution in [2.45, 2.75) is 38.7 Å². The number of carbonyl (C=O) groups is 1. The van der Waals surface area contributed by atoms with Crippen LogP contribution < -0.4 is 5.32 Å². The number of nitrogens with one attached hydrogen (secondary N) is 1. The Labute approximate surface area is 105 Å². The van der Waals surface area contributed by atoms with E-state index in [1.807, 2.05) is 6.92 Å². The zero-order valence-corrected chi connectivity index (χ0v) is 10.5. The Balaban J connectivity index is 1.95. The topological polar surface area (TPSA) is 51.2 Å². The zero-order chi connectivity index (χ0) is 12.3. The van der Waals surface area contributed by atoms with Crippen LogP contribution in [0.4, 0.5) is 10.5 Å².